The Kier molecular flexibility index (Phi) is 3.85. The number of rotatable bonds is 3. The van der Waals surface area contributed by atoms with E-state index in [1.165, 1.54) is 23.5 Å². The number of fused-ring (bicyclic) bond motifs is 1. The fourth-order valence-corrected chi connectivity index (χ4v) is 4.16. The number of benzene rings is 2. The minimum atomic E-state index is -3.71. The topological polar surface area (TPSA) is 63.7 Å². The van der Waals surface area contributed by atoms with Crippen molar-refractivity contribution in [2.45, 2.75) is 18.2 Å². The normalized spacial score (nSPS) is 14.5. The van der Waals surface area contributed by atoms with Crippen molar-refractivity contribution in [3.8, 4) is 5.75 Å². The molecular weight excluding hydrogens is 314 g/mol. The van der Waals surface area contributed by atoms with Crippen LogP contribution in [0.25, 0.3) is 0 Å². The minimum Gasteiger partial charge on any atom is -0.497 e. The van der Waals surface area contributed by atoms with Crippen molar-refractivity contribution in [3.05, 3.63) is 53.6 Å². The summed E-state index contributed by atoms with van der Waals surface area (Å²) in [5.41, 5.74) is 1.84. The average molecular weight is 331 g/mol. The van der Waals surface area contributed by atoms with Crippen molar-refractivity contribution in [3.63, 3.8) is 0 Å². The van der Waals surface area contributed by atoms with Gasteiger partial charge in [0, 0.05) is 18.5 Å². The number of methoxy groups -OCH3 is 1. The maximum atomic E-state index is 12.9. The van der Waals surface area contributed by atoms with Crippen LogP contribution >= 0.6 is 0 Å². The van der Waals surface area contributed by atoms with E-state index in [2.05, 4.69) is 0 Å². The van der Waals surface area contributed by atoms with Gasteiger partial charge >= 0.3 is 0 Å². The molecule has 0 amide bonds. The van der Waals surface area contributed by atoms with Crippen molar-refractivity contribution in [1.29, 1.82) is 0 Å². The average Bonchev–Trinajstić information content (AvgIpc) is 2.55. The van der Waals surface area contributed by atoms with Gasteiger partial charge in [0.25, 0.3) is 10.0 Å². The van der Waals surface area contributed by atoms with Gasteiger partial charge in [-0.15, -0.1) is 0 Å². The lowest BCUT2D eigenvalue weighted by Gasteiger charge is -2.30. The third-order valence-corrected chi connectivity index (χ3v) is 5.74. The second kappa shape index (κ2) is 5.70. The highest BCUT2D eigenvalue weighted by atomic mass is 32.2. The summed E-state index contributed by atoms with van der Waals surface area (Å²) in [6.45, 7) is 2.04. The van der Waals surface area contributed by atoms with E-state index in [-0.39, 0.29) is 23.6 Å². The maximum Gasteiger partial charge on any atom is 0.264 e. The van der Waals surface area contributed by atoms with Gasteiger partial charge in [-0.25, -0.2) is 8.42 Å². The molecule has 5 nitrogen and oxygen atoms in total. The van der Waals surface area contributed by atoms with Gasteiger partial charge in [0.1, 0.15) is 5.75 Å². The molecule has 0 spiro atoms. The molecule has 0 saturated carbocycles. The first-order chi connectivity index (χ1) is 10.9. The summed E-state index contributed by atoms with van der Waals surface area (Å²) >= 11 is 0. The van der Waals surface area contributed by atoms with Crippen LogP contribution in [0.15, 0.2) is 47.4 Å². The number of carbonyl (C=O) groups excluding carboxylic acids is 1. The lowest BCUT2D eigenvalue weighted by molar-refractivity contribution is 0.0982. The molecule has 2 aromatic carbocycles. The molecule has 0 radical (unpaired) electrons. The molecule has 23 heavy (non-hydrogen) atoms. The van der Waals surface area contributed by atoms with Crippen molar-refractivity contribution in [2.75, 3.05) is 18.0 Å². The van der Waals surface area contributed by atoms with E-state index in [4.69, 9.17) is 4.74 Å². The standard InChI is InChI=1S/C17H17NO4S/c1-12-3-8-16-15(11-12)17(19)9-10-18(16)23(20,21)14-6-4-13(22-2)5-7-14/h3-8,11H,9-10H2,1-2H3. The monoisotopic (exact) mass is 331 g/mol. The van der Waals surface area contributed by atoms with Crippen molar-refractivity contribution in [2.24, 2.45) is 0 Å². The minimum absolute atomic E-state index is 0.0233. The zero-order valence-corrected chi connectivity index (χ0v) is 13.8. The van der Waals surface area contributed by atoms with Gasteiger partial charge in [0.05, 0.1) is 17.7 Å². The van der Waals surface area contributed by atoms with Crippen LogP contribution in [-0.4, -0.2) is 27.9 Å². The van der Waals surface area contributed by atoms with Crippen LogP contribution in [0.1, 0.15) is 22.3 Å². The number of carbonyl (C=O) groups is 1. The van der Waals surface area contributed by atoms with Crippen molar-refractivity contribution >= 4 is 21.5 Å². The van der Waals surface area contributed by atoms with E-state index in [0.29, 0.717) is 17.0 Å². The summed E-state index contributed by atoms with van der Waals surface area (Å²) in [6.07, 6.45) is 0.186. The summed E-state index contributed by atoms with van der Waals surface area (Å²) in [6, 6.07) is 11.5. The molecule has 2 aromatic rings. The second-order valence-corrected chi connectivity index (χ2v) is 7.31. The predicted octanol–water partition coefficient (Wildman–Crippen LogP) is 2.79. The molecule has 3 rings (SSSR count). The van der Waals surface area contributed by atoms with Gasteiger partial charge in [-0.2, -0.15) is 0 Å². The highest BCUT2D eigenvalue weighted by Gasteiger charge is 2.32. The lowest BCUT2D eigenvalue weighted by atomic mass is 10.0. The molecule has 0 saturated heterocycles. The quantitative estimate of drug-likeness (QED) is 0.867. The van der Waals surface area contributed by atoms with Gasteiger partial charge in [-0.3, -0.25) is 9.10 Å². The van der Waals surface area contributed by atoms with E-state index in [1.807, 2.05) is 13.0 Å². The number of sulfonamides is 1. The molecule has 6 heteroatoms. The first-order valence-corrected chi connectivity index (χ1v) is 8.68. The third kappa shape index (κ3) is 2.70. The SMILES string of the molecule is COc1ccc(S(=O)(=O)N2CCC(=O)c3cc(C)ccc32)cc1. The molecule has 0 fully saturated rings. The third-order valence-electron chi connectivity index (χ3n) is 3.91. The maximum absolute atomic E-state index is 12.9. The zero-order valence-electron chi connectivity index (χ0n) is 12.9. The van der Waals surface area contributed by atoms with Crippen molar-refractivity contribution in [1.82, 2.24) is 0 Å². The Balaban J connectivity index is 2.07. The van der Waals surface area contributed by atoms with Gasteiger partial charge < -0.3 is 4.74 Å². The molecule has 1 aliphatic heterocycles. The van der Waals surface area contributed by atoms with Crippen LogP contribution in [0, 0.1) is 6.92 Å². The predicted molar refractivity (Wildman–Crippen MR) is 87.7 cm³/mol. The van der Waals surface area contributed by atoms with Gasteiger partial charge in [0.15, 0.2) is 5.78 Å². The van der Waals surface area contributed by atoms with E-state index in [9.17, 15) is 13.2 Å². The molecule has 0 bridgehead atoms. The van der Waals surface area contributed by atoms with Gasteiger partial charge in [-0.05, 0) is 43.3 Å². The molecule has 0 atom stereocenters. The number of anilines is 1. The highest BCUT2D eigenvalue weighted by Crippen LogP contribution is 2.32. The van der Waals surface area contributed by atoms with Gasteiger partial charge in [-0.1, -0.05) is 11.6 Å². The highest BCUT2D eigenvalue weighted by molar-refractivity contribution is 7.92. The van der Waals surface area contributed by atoms with Crippen LogP contribution in [0.3, 0.4) is 0 Å². The van der Waals surface area contributed by atoms with Crippen molar-refractivity contribution < 1.29 is 17.9 Å². The number of nitrogens with zero attached hydrogens (tertiary/aromatic N) is 1. The second-order valence-electron chi connectivity index (χ2n) is 5.45. The molecule has 0 unspecified atom stereocenters. The summed E-state index contributed by atoms with van der Waals surface area (Å²) in [5, 5.41) is 0. The Morgan fingerprint density at radius 2 is 1.78 bits per heavy atom. The number of Topliss-reactive ketones (excluding diaryl/α,β-unsaturated/α-hetero) is 1. The Morgan fingerprint density at radius 3 is 2.43 bits per heavy atom. The van der Waals surface area contributed by atoms with E-state index in [1.54, 1.807) is 24.3 Å². The first kappa shape index (κ1) is 15.6. The van der Waals surface area contributed by atoms with Crippen LogP contribution in [0.4, 0.5) is 5.69 Å². The zero-order chi connectivity index (χ0) is 16.6. The number of ether oxygens (including phenoxy) is 1. The smallest absolute Gasteiger partial charge is 0.264 e. The molecule has 120 valence electrons. The Hall–Kier alpha value is -2.34. The van der Waals surface area contributed by atoms with Crippen LogP contribution < -0.4 is 9.04 Å². The summed E-state index contributed by atoms with van der Waals surface area (Å²) in [7, 11) is -2.19. The summed E-state index contributed by atoms with van der Waals surface area (Å²) in [5.74, 6) is 0.568. The molecule has 0 aromatic heterocycles. The fraction of sp³-hybridized carbons (Fsp3) is 0.235. The number of hydrogen-bond acceptors (Lipinski definition) is 4. The summed E-state index contributed by atoms with van der Waals surface area (Å²) in [4.78, 5) is 12.3. The van der Waals surface area contributed by atoms with Crippen LogP contribution in [0.2, 0.25) is 0 Å². The van der Waals surface area contributed by atoms with E-state index in [0.717, 1.165) is 5.56 Å². The number of ketones is 1. The molecular formula is C17H17NO4S. The van der Waals surface area contributed by atoms with Gasteiger partial charge in [0.2, 0.25) is 0 Å². The first-order valence-electron chi connectivity index (χ1n) is 7.24. The van der Waals surface area contributed by atoms with E-state index < -0.39 is 10.0 Å². The molecule has 1 aliphatic rings. The van der Waals surface area contributed by atoms with Crippen LogP contribution in [-0.2, 0) is 10.0 Å². The molecule has 1 heterocycles. The largest absolute Gasteiger partial charge is 0.497 e. The Bertz CT molecular complexity index is 857. The summed E-state index contributed by atoms with van der Waals surface area (Å²) < 4.78 is 32.2. The van der Waals surface area contributed by atoms with E-state index >= 15 is 0 Å². The molecule has 0 N–H and O–H groups in total. The number of aryl methyl sites for hydroxylation is 1. The Morgan fingerprint density at radius 1 is 1.09 bits per heavy atom. The Labute approximate surface area is 135 Å². The number of hydrogen-bond donors (Lipinski definition) is 0. The van der Waals surface area contributed by atoms with Crippen LogP contribution in [0.5, 0.6) is 5.75 Å². The lowest BCUT2D eigenvalue weighted by Crippen LogP contribution is -2.37. The molecule has 0 aliphatic carbocycles. The fourth-order valence-electron chi connectivity index (χ4n) is 2.67.